The molecule has 4 rings (SSSR count). The molecule has 2 aromatic rings. The van der Waals surface area contributed by atoms with Crippen LogP contribution in [0.15, 0.2) is 48.5 Å². The van der Waals surface area contributed by atoms with Gasteiger partial charge in [0.25, 0.3) is 0 Å². The first-order valence-corrected chi connectivity index (χ1v) is 10.2. The first-order chi connectivity index (χ1) is 14.7. The molecule has 0 amide bonds. The summed E-state index contributed by atoms with van der Waals surface area (Å²) in [5.74, 6) is -1.85. The van der Waals surface area contributed by atoms with Gasteiger partial charge in [-0.2, -0.15) is 0 Å². The van der Waals surface area contributed by atoms with Gasteiger partial charge in [-0.05, 0) is 52.0 Å². The molecule has 0 aromatic heterocycles. The summed E-state index contributed by atoms with van der Waals surface area (Å²) in [5, 5.41) is 0. The largest absolute Gasteiger partial charge is 0.459 e. The Morgan fingerprint density at radius 2 is 1.35 bits per heavy atom. The standard InChI is InChI=1S/C24H26O7/c1-14-5-9-16(10-6-14)21(25)27-13-18-19-20(31-24(3,4)30-19)23(28-18)29-22(26)17-11-7-15(2)8-12-17/h5-12,18-20,23H,13H2,1-4H3/t18-,19-,20-,23-/m1/s1. The SMILES string of the molecule is Cc1ccc(C(=O)OC[C@H]2O[C@H](OC(=O)c3ccc(C)cc3)[C@@H]3OC(C)(C)O[C@@H]32)cc1. The number of hydrogen-bond acceptors (Lipinski definition) is 7. The summed E-state index contributed by atoms with van der Waals surface area (Å²) in [5.41, 5.74) is 2.96. The van der Waals surface area contributed by atoms with Crippen LogP contribution in [0.1, 0.15) is 45.7 Å². The maximum atomic E-state index is 12.6. The van der Waals surface area contributed by atoms with E-state index in [1.165, 1.54) is 0 Å². The molecule has 0 bridgehead atoms. The van der Waals surface area contributed by atoms with E-state index in [0.717, 1.165) is 11.1 Å². The van der Waals surface area contributed by atoms with Crippen LogP contribution in [0.3, 0.4) is 0 Å². The van der Waals surface area contributed by atoms with Gasteiger partial charge < -0.3 is 23.7 Å². The van der Waals surface area contributed by atoms with E-state index >= 15 is 0 Å². The number of fused-ring (bicyclic) bond motifs is 1. The van der Waals surface area contributed by atoms with Crippen molar-refractivity contribution in [3.63, 3.8) is 0 Å². The third-order valence-corrected chi connectivity index (χ3v) is 5.28. The highest BCUT2D eigenvalue weighted by Gasteiger charge is 2.57. The van der Waals surface area contributed by atoms with Crippen LogP contribution in [0.2, 0.25) is 0 Å². The summed E-state index contributed by atoms with van der Waals surface area (Å²) in [6.07, 6.45) is -2.75. The minimum absolute atomic E-state index is 0.0497. The van der Waals surface area contributed by atoms with Gasteiger partial charge in [0.1, 0.15) is 18.8 Å². The smallest absolute Gasteiger partial charge is 0.340 e. The zero-order valence-corrected chi connectivity index (χ0v) is 18.0. The number of ether oxygens (including phenoxy) is 5. The van der Waals surface area contributed by atoms with Gasteiger partial charge in [0.2, 0.25) is 6.29 Å². The van der Waals surface area contributed by atoms with E-state index in [0.29, 0.717) is 11.1 Å². The van der Waals surface area contributed by atoms with E-state index in [9.17, 15) is 9.59 Å². The molecule has 4 atom stereocenters. The third kappa shape index (κ3) is 4.79. The molecule has 0 radical (unpaired) electrons. The van der Waals surface area contributed by atoms with E-state index in [-0.39, 0.29) is 6.61 Å². The Bertz CT molecular complexity index is 949. The molecule has 2 aliphatic heterocycles. The summed E-state index contributed by atoms with van der Waals surface area (Å²) in [6.45, 7) is 7.39. The topological polar surface area (TPSA) is 80.3 Å². The summed E-state index contributed by atoms with van der Waals surface area (Å²) in [6, 6.07) is 14.2. The predicted octanol–water partition coefficient (Wildman–Crippen LogP) is 3.56. The lowest BCUT2D eigenvalue weighted by Gasteiger charge is -2.24. The van der Waals surface area contributed by atoms with Crippen LogP contribution in [0.4, 0.5) is 0 Å². The second kappa shape index (κ2) is 8.42. The van der Waals surface area contributed by atoms with Crippen molar-refractivity contribution in [3.05, 3.63) is 70.8 Å². The Hall–Kier alpha value is -2.74. The fourth-order valence-electron chi connectivity index (χ4n) is 3.67. The predicted molar refractivity (Wildman–Crippen MR) is 111 cm³/mol. The van der Waals surface area contributed by atoms with Crippen LogP contribution in [-0.4, -0.2) is 48.9 Å². The lowest BCUT2D eigenvalue weighted by molar-refractivity contribution is -0.223. The fourth-order valence-corrected chi connectivity index (χ4v) is 3.67. The Labute approximate surface area is 181 Å². The molecule has 2 saturated heterocycles. The van der Waals surface area contributed by atoms with Crippen LogP contribution in [0, 0.1) is 13.8 Å². The molecule has 164 valence electrons. The zero-order chi connectivity index (χ0) is 22.2. The molecule has 2 heterocycles. The van der Waals surface area contributed by atoms with Gasteiger partial charge in [0.15, 0.2) is 11.9 Å². The number of benzene rings is 2. The van der Waals surface area contributed by atoms with Crippen molar-refractivity contribution < 1.29 is 33.3 Å². The highest BCUT2D eigenvalue weighted by molar-refractivity contribution is 5.90. The van der Waals surface area contributed by atoms with Gasteiger partial charge in [-0.3, -0.25) is 0 Å². The molecule has 7 heteroatoms. The quantitative estimate of drug-likeness (QED) is 0.676. The van der Waals surface area contributed by atoms with Gasteiger partial charge in [-0.15, -0.1) is 0 Å². The maximum Gasteiger partial charge on any atom is 0.340 e. The second-order valence-corrected chi connectivity index (χ2v) is 8.34. The molecule has 0 saturated carbocycles. The molecule has 0 N–H and O–H groups in total. The number of rotatable bonds is 5. The monoisotopic (exact) mass is 426 g/mol. The average molecular weight is 426 g/mol. The van der Waals surface area contributed by atoms with Gasteiger partial charge in [-0.1, -0.05) is 35.4 Å². The highest BCUT2D eigenvalue weighted by Crippen LogP contribution is 2.39. The molecule has 2 aliphatic rings. The van der Waals surface area contributed by atoms with Crippen molar-refractivity contribution in [2.45, 2.75) is 58.1 Å². The van der Waals surface area contributed by atoms with E-state index in [1.807, 2.05) is 38.1 Å². The Morgan fingerprint density at radius 1 is 0.839 bits per heavy atom. The van der Waals surface area contributed by atoms with E-state index in [2.05, 4.69) is 0 Å². The highest BCUT2D eigenvalue weighted by atomic mass is 16.8. The van der Waals surface area contributed by atoms with Crippen molar-refractivity contribution >= 4 is 11.9 Å². The lowest BCUT2D eigenvalue weighted by atomic mass is 10.1. The average Bonchev–Trinajstić information content (AvgIpc) is 3.20. The molecule has 2 fully saturated rings. The van der Waals surface area contributed by atoms with E-state index < -0.39 is 42.3 Å². The van der Waals surface area contributed by atoms with Crippen LogP contribution in [-0.2, 0) is 23.7 Å². The Balaban J connectivity index is 1.42. The molecule has 31 heavy (non-hydrogen) atoms. The molecule has 0 spiro atoms. The number of carbonyl (C=O) groups is 2. The minimum atomic E-state index is -0.969. The van der Waals surface area contributed by atoms with Crippen molar-refractivity contribution in [2.75, 3.05) is 6.61 Å². The van der Waals surface area contributed by atoms with Crippen LogP contribution in [0.5, 0.6) is 0 Å². The van der Waals surface area contributed by atoms with Gasteiger partial charge in [0, 0.05) is 0 Å². The fraction of sp³-hybridized carbons (Fsp3) is 0.417. The Morgan fingerprint density at radius 3 is 1.94 bits per heavy atom. The maximum absolute atomic E-state index is 12.6. The summed E-state index contributed by atoms with van der Waals surface area (Å²) < 4.78 is 28.7. The van der Waals surface area contributed by atoms with E-state index in [1.54, 1.807) is 38.1 Å². The zero-order valence-electron chi connectivity index (χ0n) is 18.0. The van der Waals surface area contributed by atoms with Crippen LogP contribution < -0.4 is 0 Å². The van der Waals surface area contributed by atoms with Gasteiger partial charge in [0.05, 0.1) is 11.1 Å². The first-order valence-electron chi connectivity index (χ1n) is 10.2. The lowest BCUT2D eigenvalue weighted by Crippen LogP contribution is -2.33. The molecule has 7 nitrogen and oxygen atoms in total. The molecular formula is C24H26O7. The number of esters is 2. The van der Waals surface area contributed by atoms with Crippen molar-refractivity contribution in [1.82, 2.24) is 0 Å². The second-order valence-electron chi connectivity index (χ2n) is 8.34. The summed E-state index contributed by atoms with van der Waals surface area (Å²) in [4.78, 5) is 24.9. The third-order valence-electron chi connectivity index (χ3n) is 5.28. The number of carbonyl (C=O) groups excluding carboxylic acids is 2. The van der Waals surface area contributed by atoms with Crippen molar-refractivity contribution in [3.8, 4) is 0 Å². The Kier molecular flexibility index (Phi) is 5.83. The van der Waals surface area contributed by atoms with Crippen LogP contribution >= 0.6 is 0 Å². The summed E-state index contributed by atoms with van der Waals surface area (Å²) in [7, 11) is 0. The molecule has 0 unspecified atom stereocenters. The van der Waals surface area contributed by atoms with Crippen molar-refractivity contribution in [2.24, 2.45) is 0 Å². The van der Waals surface area contributed by atoms with Crippen LogP contribution in [0.25, 0.3) is 0 Å². The van der Waals surface area contributed by atoms with Crippen molar-refractivity contribution in [1.29, 1.82) is 0 Å². The number of aryl methyl sites for hydroxylation is 2. The summed E-state index contributed by atoms with van der Waals surface area (Å²) >= 11 is 0. The normalized spacial score (nSPS) is 26.3. The molecular weight excluding hydrogens is 400 g/mol. The van der Waals surface area contributed by atoms with E-state index in [4.69, 9.17) is 23.7 Å². The minimum Gasteiger partial charge on any atom is -0.459 e. The molecule has 0 aliphatic carbocycles. The van der Waals surface area contributed by atoms with Gasteiger partial charge in [-0.25, -0.2) is 9.59 Å². The number of hydrogen-bond donors (Lipinski definition) is 0. The van der Waals surface area contributed by atoms with Gasteiger partial charge >= 0.3 is 11.9 Å². The first kappa shape index (κ1) is 21.5. The molecule has 2 aromatic carbocycles.